The number of hydroxylamine groups is 1. The molecule has 0 aliphatic heterocycles. The molecular weight excluding hydrogens is 508 g/mol. The number of phenols is 1. The highest BCUT2D eigenvalue weighted by Crippen LogP contribution is 2.42. The molecule has 0 saturated carbocycles. The van der Waals surface area contributed by atoms with Gasteiger partial charge < -0.3 is 9.84 Å². The number of hydrogen-bond acceptors (Lipinski definition) is 5. The van der Waals surface area contributed by atoms with E-state index >= 15 is 0 Å². The third-order valence-electron chi connectivity index (χ3n) is 4.04. The number of carbonyl (C=O) groups is 2. The van der Waals surface area contributed by atoms with Crippen LogP contribution in [0, 0.1) is 5.41 Å². The van der Waals surface area contributed by atoms with Crippen molar-refractivity contribution in [3.8, 4) is 5.75 Å². The Morgan fingerprint density at radius 2 is 1.72 bits per heavy atom. The Hall–Kier alpha value is -2.36. The fourth-order valence-corrected chi connectivity index (χ4v) is 3.20. The second-order valence-electron chi connectivity index (χ2n) is 6.75. The topological polar surface area (TPSA) is 108 Å². The first-order valence-corrected chi connectivity index (χ1v) is 10.1. The lowest BCUT2D eigenvalue weighted by Crippen LogP contribution is -2.28. The molecule has 0 spiro atoms. The van der Waals surface area contributed by atoms with E-state index in [1.165, 1.54) is 17.6 Å². The average molecular weight is 528 g/mol. The van der Waals surface area contributed by atoms with Crippen molar-refractivity contribution in [3.63, 3.8) is 0 Å². The minimum absolute atomic E-state index is 0.0669. The van der Waals surface area contributed by atoms with Crippen molar-refractivity contribution < 1.29 is 24.6 Å². The van der Waals surface area contributed by atoms with Gasteiger partial charge in [-0.1, -0.05) is 51.8 Å². The van der Waals surface area contributed by atoms with E-state index < -0.39 is 23.5 Å². The zero-order valence-corrected chi connectivity index (χ0v) is 18.8. The number of benzene rings is 2. The van der Waals surface area contributed by atoms with E-state index in [0.29, 0.717) is 15.7 Å². The minimum Gasteiger partial charge on any atom is -0.508 e. The molecule has 0 radical (unpaired) electrons. The van der Waals surface area contributed by atoms with E-state index in [-0.39, 0.29) is 5.75 Å². The monoisotopic (exact) mass is 526 g/mol. The van der Waals surface area contributed by atoms with Crippen molar-refractivity contribution in [2.24, 2.45) is 5.41 Å². The summed E-state index contributed by atoms with van der Waals surface area (Å²) in [4.78, 5) is 23.9. The van der Waals surface area contributed by atoms with Crippen molar-refractivity contribution in [3.05, 3.63) is 69.1 Å². The van der Waals surface area contributed by atoms with E-state index in [0.717, 1.165) is 10.5 Å². The van der Waals surface area contributed by atoms with Gasteiger partial charge in [0, 0.05) is 31.7 Å². The number of amides is 2. The number of rotatable bonds is 6. The minimum atomic E-state index is -0.946. The molecule has 4 N–H and O–H groups in total. The highest BCUT2D eigenvalue weighted by molar-refractivity contribution is 9.10. The molecule has 0 heterocycles. The fourth-order valence-electron chi connectivity index (χ4n) is 2.55. The fraction of sp³-hybridized carbons (Fsp3) is 0.200. The normalized spacial score (nSPS) is 12.4. The van der Waals surface area contributed by atoms with E-state index in [1.54, 1.807) is 50.2 Å². The summed E-state index contributed by atoms with van der Waals surface area (Å²) in [5, 5.41) is 21.7. The van der Waals surface area contributed by atoms with Crippen LogP contribution in [0.5, 0.6) is 5.75 Å². The zero-order chi connectivity index (χ0) is 21.6. The Morgan fingerprint density at radius 1 is 1.10 bits per heavy atom. The number of carbonyl (C=O) groups excluding carboxylic acids is 2. The molecule has 2 aromatic rings. The van der Waals surface area contributed by atoms with Crippen molar-refractivity contribution in [1.82, 2.24) is 5.48 Å². The lowest BCUT2D eigenvalue weighted by atomic mass is 9.81. The number of nitrogens with one attached hydrogen (secondary N) is 2. The van der Waals surface area contributed by atoms with Crippen LogP contribution < -0.4 is 10.8 Å². The average Bonchev–Trinajstić information content (AvgIpc) is 2.68. The summed E-state index contributed by atoms with van der Waals surface area (Å²) in [5.41, 5.74) is 1.48. The molecule has 0 saturated heterocycles. The highest BCUT2D eigenvalue weighted by atomic mass is 79.9. The van der Waals surface area contributed by atoms with Crippen LogP contribution in [-0.2, 0) is 9.53 Å². The predicted molar refractivity (Wildman–Crippen MR) is 116 cm³/mol. The molecule has 9 heteroatoms. The first-order chi connectivity index (χ1) is 13.6. The van der Waals surface area contributed by atoms with Gasteiger partial charge in [-0.2, -0.15) is 0 Å². The quantitative estimate of drug-likeness (QED) is 0.232. The molecule has 0 bridgehead atoms. The smallest absolute Gasteiger partial charge is 0.412 e. The van der Waals surface area contributed by atoms with Gasteiger partial charge in [0.2, 0.25) is 0 Å². The van der Waals surface area contributed by atoms with Crippen molar-refractivity contribution in [1.29, 1.82) is 0 Å². The number of ether oxygens (including phenoxy) is 1. The van der Waals surface area contributed by atoms with Crippen LogP contribution >= 0.6 is 31.9 Å². The third kappa shape index (κ3) is 6.59. The van der Waals surface area contributed by atoms with Gasteiger partial charge in [-0.25, -0.2) is 10.3 Å². The highest BCUT2D eigenvalue weighted by Gasteiger charge is 2.34. The summed E-state index contributed by atoms with van der Waals surface area (Å²) in [6.07, 6.45) is 0.928. The molecule has 154 valence electrons. The van der Waals surface area contributed by atoms with Gasteiger partial charge in [0.05, 0.1) is 0 Å². The van der Waals surface area contributed by atoms with Crippen LogP contribution in [0.3, 0.4) is 0 Å². The maximum atomic E-state index is 12.5. The second-order valence-corrected chi connectivity index (χ2v) is 8.58. The lowest BCUT2D eigenvalue weighted by molar-refractivity contribution is -0.124. The Labute approximate surface area is 185 Å². The summed E-state index contributed by atoms with van der Waals surface area (Å²) in [6, 6.07) is 11.7. The molecule has 2 aromatic carbocycles. The number of halogens is 2. The maximum Gasteiger partial charge on any atom is 0.412 e. The van der Waals surface area contributed by atoms with Gasteiger partial charge in [0.25, 0.3) is 5.91 Å². The molecule has 1 atom stereocenters. The van der Waals surface area contributed by atoms with E-state index in [2.05, 4.69) is 37.2 Å². The van der Waals surface area contributed by atoms with E-state index in [1.807, 2.05) is 0 Å². The van der Waals surface area contributed by atoms with Gasteiger partial charge >= 0.3 is 6.09 Å². The molecule has 0 unspecified atom stereocenters. The molecule has 0 aliphatic carbocycles. The van der Waals surface area contributed by atoms with E-state index in [4.69, 9.17) is 9.94 Å². The number of anilines is 1. The Morgan fingerprint density at radius 3 is 2.34 bits per heavy atom. The summed E-state index contributed by atoms with van der Waals surface area (Å²) in [5.74, 6) is -0.794. The molecule has 7 nitrogen and oxygen atoms in total. The SMILES string of the molecule is CC(C)(/C=C/C(=O)NO)[C@@H](OC(=O)Nc1ccc(Br)cc1)c1cc(Br)ccc1O. The van der Waals surface area contributed by atoms with Gasteiger partial charge in [-0.15, -0.1) is 0 Å². The van der Waals surface area contributed by atoms with Crippen LogP contribution in [0.1, 0.15) is 25.5 Å². The lowest BCUT2D eigenvalue weighted by Gasteiger charge is -2.32. The van der Waals surface area contributed by atoms with Crippen molar-refractivity contribution >= 4 is 49.5 Å². The Balaban J connectivity index is 2.34. The zero-order valence-electron chi connectivity index (χ0n) is 15.6. The maximum absolute atomic E-state index is 12.5. The number of aromatic hydroxyl groups is 1. The first-order valence-electron chi connectivity index (χ1n) is 8.47. The van der Waals surface area contributed by atoms with Crippen LogP contribution in [0.4, 0.5) is 10.5 Å². The Bertz CT molecular complexity index is 914. The van der Waals surface area contributed by atoms with Crippen molar-refractivity contribution in [2.75, 3.05) is 5.32 Å². The van der Waals surface area contributed by atoms with Gasteiger partial charge in [0.1, 0.15) is 11.9 Å². The van der Waals surface area contributed by atoms with Crippen molar-refractivity contribution in [2.45, 2.75) is 20.0 Å². The Kier molecular flexibility index (Phi) is 7.83. The van der Waals surface area contributed by atoms with Crippen LogP contribution in [0.15, 0.2) is 63.6 Å². The summed E-state index contributed by atoms with van der Waals surface area (Å²) in [6.45, 7) is 3.46. The van der Waals surface area contributed by atoms with Gasteiger partial charge in [0.15, 0.2) is 0 Å². The molecule has 0 fully saturated rings. The first kappa shape index (κ1) is 22.9. The molecule has 2 rings (SSSR count). The largest absolute Gasteiger partial charge is 0.508 e. The van der Waals surface area contributed by atoms with Crippen LogP contribution in [0.2, 0.25) is 0 Å². The molecule has 0 aromatic heterocycles. The predicted octanol–water partition coefficient (Wildman–Crippen LogP) is 5.29. The molecule has 29 heavy (non-hydrogen) atoms. The van der Waals surface area contributed by atoms with E-state index in [9.17, 15) is 14.7 Å². The van der Waals surface area contributed by atoms with Crippen LogP contribution in [-0.4, -0.2) is 22.3 Å². The molecule has 2 amide bonds. The summed E-state index contributed by atoms with van der Waals surface area (Å²) >= 11 is 6.67. The standard InChI is InChI=1S/C20H20Br2N2O5/c1-20(2,10-9-17(26)24-28)18(15-11-13(22)5-8-16(15)25)29-19(27)23-14-6-3-12(21)4-7-14/h3-11,18,25,28H,1-2H3,(H,23,27)(H,24,26)/b10-9+/t18-/m0/s1. The molecular formula is C20H20Br2N2O5. The van der Waals surface area contributed by atoms with Gasteiger partial charge in [-0.05, 0) is 42.5 Å². The van der Waals surface area contributed by atoms with Gasteiger partial charge in [-0.3, -0.25) is 15.3 Å². The second kappa shape index (κ2) is 9.91. The number of phenolic OH excluding ortho intramolecular Hbond substituents is 1. The summed E-state index contributed by atoms with van der Waals surface area (Å²) < 4.78 is 7.19. The molecule has 0 aliphatic rings. The number of hydrogen-bond donors (Lipinski definition) is 4. The summed E-state index contributed by atoms with van der Waals surface area (Å²) in [7, 11) is 0. The van der Waals surface area contributed by atoms with Crippen LogP contribution in [0.25, 0.3) is 0 Å². The third-order valence-corrected chi connectivity index (χ3v) is 5.06.